The van der Waals surface area contributed by atoms with Crippen molar-refractivity contribution in [2.24, 2.45) is 5.10 Å². The number of hydrogen-bond acceptors (Lipinski definition) is 7. The van der Waals surface area contributed by atoms with Gasteiger partial charge in [0.05, 0.1) is 30.6 Å². The Morgan fingerprint density at radius 1 is 1.28 bits per heavy atom. The van der Waals surface area contributed by atoms with Crippen molar-refractivity contribution >= 4 is 29.4 Å². The molecule has 8 heteroatoms. The first-order valence-electron chi connectivity index (χ1n) is 7.89. The van der Waals surface area contributed by atoms with Gasteiger partial charge >= 0.3 is 5.97 Å². The molecule has 25 heavy (non-hydrogen) atoms. The van der Waals surface area contributed by atoms with Gasteiger partial charge < -0.3 is 13.6 Å². The fourth-order valence-electron chi connectivity index (χ4n) is 2.52. The molecule has 2 aromatic heterocycles. The minimum absolute atomic E-state index is 0.130. The van der Waals surface area contributed by atoms with E-state index in [4.69, 9.17) is 13.6 Å². The molecular weight excluding hydrogens is 344 g/mol. The zero-order valence-corrected chi connectivity index (χ0v) is 14.5. The molecule has 1 unspecified atom stereocenters. The van der Waals surface area contributed by atoms with E-state index in [1.165, 1.54) is 16.8 Å². The first-order chi connectivity index (χ1) is 12.2. The third kappa shape index (κ3) is 4.14. The van der Waals surface area contributed by atoms with Crippen molar-refractivity contribution in [3.63, 3.8) is 0 Å². The van der Waals surface area contributed by atoms with Crippen molar-refractivity contribution in [2.45, 2.75) is 19.4 Å². The number of hydrogen-bond donors (Lipinski definition) is 0. The number of amides is 1. The van der Waals surface area contributed by atoms with Crippen LogP contribution in [0.2, 0.25) is 0 Å². The minimum atomic E-state index is -0.330. The lowest BCUT2D eigenvalue weighted by Crippen LogP contribution is -2.28. The molecule has 0 aliphatic carbocycles. The number of furan rings is 2. The highest BCUT2D eigenvalue weighted by Gasteiger charge is 2.35. The molecule has 1 aliphatic heterocycles. The number of carbonyl (C=O) groups is 2. The summed E-state index contributed by atoms with van der Waals surface area (Å²) in [5, 5.41) is 5.83. The van der Waals surface area contributed by atoms with Gasteiger partial charge in [-0.15, -0.1) is 11.8 Å². The lowest BCUT2D eigenvalue weighted by atomic mass is 10.1. The molecule has 132 valence electrons. The zero-order chi connectivity index (χ0) is 17.6. The fourth-order valence-corrected chi connectivity index (χ4v) is 3.18. The number of rotatable bonds is 7. The Morgan fingerprint density at radius 3 is 2.76 bits per heavy atom. The van der Waals surface area contributed by atoms with Gasteiger partial charge in [-0.2, -0.15) is 5.10 Å². The second-order valence-electron chi connectivity index (χ2n) is 5.30. The lowest BCUT2D eigenvalue weighted by Gasteiger charge is -2.19. The van der Waals surface area contributed by atoms with Gasteiger partial charge in [0.15, 0.2) is 0 Å². The average Bonchev–Trinajstić information content (AvgIpc) is 3.33. The number of hydrazone groups is 1. The van der Waals surface area contributed by atoms with Crippen LogP contribution in [-0.2, 0) is 14.3 Å². The topological polar surface area (TPSA) is 85.3 Å². The van der Waals surface area contributed by atoms with Crippen LogP contribution in [0.25, 0.3) is 0 Å². The van der Waals surface area contributed by atoms with E-state index in [0.717, 1.165) is 0 Å². The number of carbonyl (C=O) groups excluding carboxylic acids is 2. The second kappa shape index (κ2) is 8.06. The van der Waals surface area contributed by atoms with Crippen LogP contribution >= 0.6 is 11.8 Å². The van der Waals surface area contributed by atoms with Crippen LogP contribution in [0, 0.1) is 0 Å². The highest BCUT2D eigenvalue weighted by molar-refractivity contribution is 8.00. The Hall–Kier alpha value is -2.48. The highest BCUT2D eigenvalue weighted by Crippen LogP contribution is 2.33. The van der Waals surface area contributed by atoms with E-state index in [0.29, 0.717) is 30.3 Å². The Morgan fingerprint density at radius 2 is 2.08 bits per heavy atom. The van der Waals surface area contributed by atoms with Crippen LogP contribution in [0.4, 0.5) is 0 Å². The maximum Gasteiger partial charge on any atom is 0.315 e. The minimum Gasteiger partial charge on any atom is -0.467 e. The van der Waals surface area contributed by atoms with Crippen LogP contribution in [0.15, 0.2) is 50.7 Å². The summed E-state index contributed by atoms with van der Waals surface area (Å²) in [6, 6.07) is 6.86. The van der Waals surface area contributed by atoms with Gasteiger partial charge in [-0.25, -0.2) is 5.01 Å². The van der Waals surface area contributed by atoms with Crippen LogP contribution < -0.4 is 0 Å². The van der Waals surface area contributed by atoms with E-state index in [9.17, 15) is 9.59 Å². The summed E-state index contributed by atoms with van der Waals surface area (Å²) in [7, 11) is 0. The summed E-state index contributed by atoms with van der Waals surface area (Å²) >= 11 is 1.21. The van der Waals surface area contributed by atoms with E-state index >= 15 is 0 Å². The van der Waals surface area contributed by atoms with Gasteiger partial charge in [0.1, 0.15) is 23.3 Å². The SMILES string of the molecule is CCOC(=O)CSCC(=O)N1N=C(c2ccco2)CC1c1ccco1. The van der Waals surface area contributed by atoms with Crippen LogP contribution in [0.5, 0.6) is 0 Å². The van der Waals surface area contributed by atoms with Crippen molar-refractivity contribution in [1.29, 1.82) is 0 Å². The third-order valence-electron chi connectivity index (χ3n) is 3.59. The molecule has 0 radical (unpaired) electrons. The summed E-state index contributed by atoms with van der Waals surface area (Å²) in [6.07, 6.45) is 3.65. The summed E-state index contributed by atoms with van der Waals surface area (Å²) in [5.41, 5.74) is 0.690. The summed E-state index contributed by atoms with van der Waals surface area (Å²) in [5.74, 6) is 1.03. The lowest BCUT2D eigenvalue weighted by molar-refractivity contribution is -0.139. The van der Waals surface area contributed by atoms with E-state index < -0.39 is 0 Å². The van der Waals surface area contributed by atoms with Gasteiger partial charge in [0.2, 0.25) is 0 Å². The molecule has 3 heterocycles. The van der Waals surface area contributed by atoms with Crippen molar-refractivity contribution in [3.05, 3.63) is 48.3 Å². The number of thioether (sulfide) groups is 1. The maximum absolute atomic E-state index is 12.6. The molecule has 3 rings (SSSR count). The first kappa shape index (κ1) is 17.3. The van der Waals surface area contributed by atoms with Crippen LogP contribution in [0.1, 0.15) is 30.9 Å². The van der Waals surface area contributed by atoms with Crippen LogP contribution in [0.3, 0.4) is 0 Å². The molecule has 2 aromatic rings. The summed E-state index contributed by atoms with van der Waals surface area (Å²) < 4.78 is 15.7. The molecule has 0 fully saturated rings. The summed E-state index contributed by atoms with van der Waals surface area (Å²) in [4.78, 5) is 24.0. The van der Waals surface area contributed by atoms with Crippen molar-refractivity contribution in [3.8, 4) is 0 Å². The molecular formula is C17H18N2O5S. The highest BCUT2D eigenvalue weighted by atomic mass is 32.2. The fraction of sp³-hybridized carbons (Fsp3) is 0.353. The van der Waals surface area contributed by atoms with Crippen LogP contribution in [-0.4, -0.2) is 40.7 Å². The number of ether oxygens (including phenoxy) is 1. The molecule has 1 atom stereocenters. The van der Waals surface area contributed by atoms with E-state index in [1.54, 1.807) is 31.6 Å². The van der Waals surface area contributed by atoms with Gasteiger partial charge in [0, 0.05) is 6.42 Å². The first-order valence-corrected chi connectivity index (χ1v) is 9.04. The Labute approximate surface area is 149 Å². The monoisotopic (exact) mass is 362 g/mol. The predicted molar refractivity (Wildman–Crippen MR) is 92.1 cm³/mol. The Kier molecular flexibility index (Phi) is 5.60. The molecule has 7 nitrogen and oxygen atoms in total. The predicted octanol–water partition coefficient (Wildman–Crippen LogP) is 2.85. The van der Waals surface area contributed by atoms with Gasteiger partial charge in [-0.05, 0) is 31.2 Å². The Bertz CT molecular complexity index is 739. The molecule has 1 aliphatic rings. The average molecular weight is 362 g/mol. The van der Waals surface area contributed by atoms with Crippen molar-refractivity contribution in [1.82, 2.24) is 5.01 Å². The van der Waals surface area contributed by atoms with Gasteiger partial charge in [-0.1, -0.05) is 0 Å². The molecule has 0 aromatic carbocycles. The van der Waals surface area contributed by atoms with Gasteiger partial charge in [0.25, 0.3) is 5.91 Å². The van der Waals surface area contributed by atoms with Crippen molar-refractivity contribution in [2.75, 3.05) is 18.1 Å². The maximum atomic E-state index is 12.6. The number of nitrogens with zero attached hydrogens (tertiary/aromatic N) is 2. The van der Waals surface area contributed by atoms with Gasteiger partial charge in [-0.3, -0.25) is 9.59 Å². The quantitative estimate of drug-likeness (QED) is 0.704. The summed E-state index contributed by atoms with van der Waals surface area (Å²) in [6.45, 7) is 2.08. The van der Waals surface area contributed by atoms with E-state index in [-0.39, 0.29) is 29.4 Å². The standard InChI is InChI=1S/C17H18N2O5S/c1-2-22-17(21)11-25-10-16(20)19-13(15-6-4-8-24-15)9-12(18-19)14-5-3-7-23-14/h3-8,13H,2,9-11H2,1H3. The molecule has 0 spiro atoms. The normalized spacial score (nSPS) is 16.8. The molecule has 1 amide bonds. The van der Waals surface area contributed by atoms with E-state index in [2.05, 4.69) is 5.10 Å². The van der Waals surface area contributed by atoms with Crippen molar-refractivity contribution < 1.29 is 23.2 Å². The zero-order valence-electron chi connectivity index (χ0n) is 13.7. The third-order valence-corrected chi connectivity index (χ3v) is 4.48. The van der Waals surface area contributed by atoms with E-state index in [1.807, 2.05) is 12.1 Å². The Balaban J connectivity index is 1.68. The molecule has 0 saturated heterocycles. The second-order valence-corrected chi connectivity index (χ2v) is 6.28. The number of esters is 1. The molecule has 0 saturated carbocycles. The smallest absolute Gasteiger partial charge is 0.315 e. The molecule has 0 N–H and O–H groups in total. The molecule has 0 bridgehead atoms. The largest absolute Gasteiger partial charge is 0.467 e.